The highest BCUT2D eigenvalue weighted by Crippen LogP contribution is 2.24. The fraction of sp³-hybridized carbons (Fsp3) is 1.00. The number of hydrogen-bond donors (Lipinski definition) is 2. The molecule has 1 aliphatic carbocycles. The van der Waals surface area contributed by atoms with Gasteiger partial charge in [-0.05, 0) is 18.8 Å². The fourth-order valence-electron chi connectivity index (χ4n) is 1.89. The molecule has 0 spiro atoms. The van der Waals surface area contributed by atoms with Gasteiger partial charge in [-0.25, -0.2) is 13.1 Å². The van der Waals surface area contributed by atoms with E-state index in [-0.39, 0.29) is 23.8 Å². The second-order valence-electron chi connectivity index (χ2n) is 4.60. The number of nitrogens with one attached hydrogen (secondary N) is 1. The number of hydrogen-bond acceptors (Lipinski definition) is 3. The molecule has 0 radical (unpaired) electrons. The molecule has 0 heterocycles. The van der Waals surface area contributed by atoms with Gasteiger partial charge in [-0.3, -0.25) is 0 Å². The summed E-state index contributed by atoms with van der Waals surface area (Å²) in [5, 5.41) is 8.83. The van der Waals surface area contributed by atoms with Gasteiger partial charge >= 0.3 is 0 Å². The van der Waals surface area contributed by atoms with Crippen molar-refractivity contribution in [2.45, 2.75) is 50.8 Å². The molecule has 1 atom stereocenters. The van der Waals surface area contributed by atoms with Crippen molar-refractivity contribution in [1.29, 1.82) is 0 Å². The molecule has 0 aromatic carbocycles. The first-order valence-corrected chi connectivity index (χ1v) is 7.14. The topological polar surface area (TPSA) is 66.4 Å². The van der Waals surface area contributed by atoms with Gasteiger partial charge in [0.1, 0.15) is 0 Å². The van der Waals surface area contributed by atoms with Crippen LogP contribution in [0.5, 0.6) is 0 Å². The highest BCUT2D eigenvalue weighted by atomic mass is 32.2. The van der Waals surface area contributed by atoms with E-state index in [1.54, 1.807) is 0 Å². The Balaban J connectivity index is 2.61. The minimum absolute atomic E-state index is 0.117. The SMILES string of the molecule is CC(C)C(CO)NS(=O)(=O)C1CCCC1. The summed E-state index contributed by atoms with van der Waals surface area (Å²) in [5.74, 6) is 0.117. The van der Waals surface area contributed by atoms with Crippen LogP contribution in [0.1, 0.15) is 39.5 Å². The third-order valence-electron chi connectivity index (χ3n) is 3.06. The number of aliphatic hydroxyl groups excluding tert-OH is 1. The molecule has 0 aromatic rings. The third kappa shape index (κ3) is 3.43. The van der Waals surface area contributed by atoms with Crippen LogP contribution in [0.2, 0.25) is 0 Å². The van der Waals surface area contributed by atoms with Crippen molar-refractivity contribution >= 4 is 10.0 Å². The Hall–Kier alpha value is -0.130. The van der Waals surface area contributed by atoms with Gasteiger partial charge in [-0.1, -0.05) is 26.7 Å². The minimum atomic E-state index is -3.23. The molecule has 0 saturated heterocycles. The zero-order chi connectivity index (χ0) is 11.5. The van der Waals surface area contributed by atoms with Crippen LogP contribution in [0.15, 0.2) is 0 Å². The van der Waals surface area contributed by atoms with E-state index in [2.05, 4.69) is 4.72 Å². The van der Waals surface area contributed by atoms with Crippen LogP contribution < -0.4 is 4.72 Å². The van der Waals surface area contributed by atoms with E-state index in [1.165, 1.54) is 0 Å². The highest BCUT2D eigenvalue weighted by molar-refractivity contribution is 7.90. The molecule has 0 bridgehead atoms. The molecule has 1 saturated carbocycles. The van der Waals surface area contributed by atoms with Crippen molar-refractivity contribution in [3.8, 4) is 0 Å². The van der Waals surface area contributed by atoms with Gasteiger partial charge in [0, 0.05) is 6.04 Å². The van der Waals surface area contributed by atoms with Crippen LogP contribution in [-0.4, -0.2) is 31.4 Å². The summed E-state index contributed by atoms with van der Waals surface area (Å²) in [6.07, 6.45) is 3.51. The molecular weight excluding hydrogens is 214 g/mol. The standard InChI is InChI=1S/C10H21NO3S/c1-8(2)10(7-12)11-15(13,14)9-5-3-4-6-9/h8-12H,3-7H2,1-2H3. The van der Waals surface area contributed by atoms with Crippen LogP contribution in [0.3, 0.4) is 0 Å². The molecule has 0 aliphatic heterocycles. The van der Waals surface area contributed by atoms with E-state index in [9.17, 15) is 8.42 Å². The van der Waals surface area contributed by atoms with Crippen LogP contribution in [0.4, 0.5) is 0 Å². The summed E-state index contributed by atoms with van der Waals surface area (Å²) in [4.78, 5) is 0. The van der Waals surface area contributed by atoms with E-state index in [4.69, 9.17) is 5.11 Å². The second kappa shape index (κ2) is 5.27. The quantitative estimate of drug-likeness (QED) is 0.743. The average molecular weight is 235 g/mol. The van der Waals surface area contributed by atoms with E-state index in [0.29, 0.717) is 0 Å². The van der Waals surface area contributed by atoms with Gasteiger partial charge < -0.3 is 5.11 Å². The minimum Gasteiger partial charge on any atom is -0.395 e. The summed E-state index contributed by atoms with van der Waals surface area (Å²) in [6, 6.07) is -0.351. The van der Waals surface area contributed by atoms with E-state index in [0.717, 1.165) is 25.7 Å². The van der Waals surface area contributed by atoms with Crippen molar-refractivity contribution < 1.29 is 13.5 Å². The maximum absolute atomic E-state index is 11.9. The van der Waals surface area contributed by atoms with Gasteiger partial charge in [0.15, 0.2) is 0 Å². The lowest BCUT2D eigenvalue weighted by atomic mass is 10.1. The van der Waals surface area contributed by atoms with E-state index < -0.39 is 10.0 Å². The first-order valence-electron chi connectivity index (χ1n) is 5.59. The van der Waals surface area contributed by atoms with E-state index in [1.807, 2.05) is 13.8 Å². The Bertz CT molecular complexity index is 281. The second-order valence-corrected chi connectivity index (χ2v) is 6.59. The maximum Gasteiger partial charge on any atom is 0.214 e. The summed E-state index contributed by atoms with van der Waals surface area (Å²) in [5.41, 5.74) is 0. The van der Waals surface area contributed by atoms with Gasteiger partial charge in [0.25, 0.3) is 0 Å². The van der Waals surface area contributed by atoms with Crippen LogP contribution in [-0.2, 0) is 10.0 Å². The van der Waals surface area contributed by atoms with Crippen molar-refractivity contribution in [3.63, 3.8) is 0 Å². The lowest BCUT2D eigenvalue weighted by Gasteiger charge is -2.22. The molecule has 2 N–H and O–H groups in total. The summed E-state index contributed by atoms with van der Waals surface area (Å²) < 4.78 is 26.4. The Kier molecular flexibility index (Phi) is 4.55. The van der Waals surface area contributed by atoms with Gasteiger partial charge in [0.05, 0.1) is 11.9 Å². The van der Waals surface area contributed by atoms with E-state index >= 15 is 0 Å². The number of aliphatic hydroxyl groups is 1. The van der Waals surface area contributed by atoms with Crippen LogP contribution in [0.25, 0.3) is 0 Å². The third-order valence-corrected chi connectivity index (χ3v) is 5.04. The smallest absolute Gasteiger partial charge is 0.214 e. The van der Waals surface area contributed by atoms with Crippen molar-refractivity contribution in [2.75, 3.05) is 6.61 Å². The molecule has 1 aliphatic rings. The fourth-order valence-corrected chi connectivity index (χ4v) is 3.81. The molecule has 4 nitrogen and oxygen atoms in total. The number of rotatable bonds is 5. The van der Waals surface area contributed by atoms with Crippen molar-refractivity contribution in [2.24, 2.45) is 5.92 Å². The zero-order valence-corrected chi connectivity index (χ0v) is 10.3. The molecular formula is C10H21NO3S. The monoisotopic (exact) mass is 235 g/mol. The van der Waals surface area contributed by atoms with Crippen LogP contribution >= 0.6 is 0 Å². The first kappa shape index (κ1) is 12.9. The van der Waals surface area contributed by atoms with Crippen molar-refractivity contribution in [3.05, 3.63) is 0 Å². The number of sulfonamides is 1. The zero-order valence-electron chi connectivity index (χ0n) is 9.44. The molecule has 0 amide bonds. The Labute approximate surface area is 92.1 Å². The molecule has 0 aromatic heterocycles. The predicted octanol–water partition coefficient (Wildman–Crippen LogP) is 0.865. The lowest BCUT2D eigenvalue weighted by molar-refractivity contribution is 0.227. The van der Waals surface area contributed by atoms with Gasteiger partial charge in [-0.15, -0.1) is 0 Å². The first-order chi connectivity index (χ1) is 6.97. The lowest BCUT2D eigenvalue weighted by Crippen LogP contribution is -2.44. The normalized spacial score (nSPS) is 21.1. The Morgan fingerprint density at radius 3 is 2.27 bits per heavy atom. The molecule has 1 fully saturated rings. The van der Waals surface area contributed by atoms with Gasteiger partial charge in [0.2, 0.25) is 10.0 Å². The average Bonchev–Trinajstić information content (AvgIpc) is 2.67. The molecule has 15 heavy (non-hydrogen) atoms. The maximum atomic E-state index is 11.9. The molecule has 5 heteroatoms. The Morgan fingerprint density at radius 2 is 1.87 bits per heavy atom. The van der Waals surface area contributed by atoms with Crippen LogP contribution in [0, 0.1) is 5.92 Å². The largest absolute Gasteiger partial charge is 0.395 e. The van der Waals surface area contributed by atoms with Crippen molar-refractivity contribution in [1.82, 2.24) is 4.72 Å². The van der Waals surface area contributed by atoms with Gasteiger partial charge in [-0.2, -0.15) is 0 Å². The highest BCUT2D eigenvalue weighted by Gasteiger charge is 2.31. The predicted molar refractivity (Wildman–Crippen MR) is 60.0 cm³/mol. The summed E-state index contributed by atoms with van der Waals surface area (Å²) in [7, 11) is -3.23. The molecule has 1 unspecified atom stereocenters. The Morgan fingerprint density at radius 1 is 1.33 bits per heavy atom. The summed E-state index contributed by atoms with van der Waals surface area (Å²) >= 11 is 0. The molecule has 1 rings (SSSR count). The molecule has 90 valence electrons. The summed E-state index contributed by atoms with van der Waals surface area (Å²) in [6.45, 7) is 3.67.